The van der Waals surface area contributed by atoms with E-state index in [4.69, 9.17) is 0 Å². The van der Waals surface area contributed by atoms with Crippen molar-refractivity contribution in [3.05, 3.63) is 18.2 Å². The van der Waals surface area contributed by atoms with Crippen molar-refractivity contribution in [2.75, 3.05) is 0 Å². The van der Waals surface area contributed by atoms with Gasteiger partial charge < -0.3 is 0 Å². The summed E-state index contributed by atoms with van der Waals surface area (Å²) in [5.74, 6) is 0.542. The molecule has 64 valence electrons. The molecule has 0 radical (unpaired) electrons. The lowest BCUT2D eigenvalue weighted by Gasteiger charge is -1.91. The number of hydrogen-bond donors (Lipinski definition) is 0. The minimum absolute atomic E-state index is 0.542. The summed E-state index contributed by atoms with van der Waals surface area (Å²) in [6.07, 6.45) is 3.10. The summed E-state index contributed by atoms with van der Waals surface area (Å²) >= 11 is 0. The number of aromatic nitrogens is 5. The van der Waals surface area contributed by atoms with Crippen LogP contribution in [-0.4, -0.2) is 24.8 Å². The van der Waals surface area contributed by atoms with Crippen LogP contribution in [-0.2, 0) is 0 Å². The minimum Gasteiger partial charge on any atom is -0.199 e. The van der Waals surface area contributed by atoms with E-state index in [0.29, 0.717) is 5.78 Å². The Morgan fingerprint density at radius 1 is 1.33 bits per heavy atom. The lowest BCUT2D eigenvalue weighted by Crippen LogP contribution is -1.96. The maximum Gasteiger partial charge on any atom is 0.271 e. The second-order valence-electron chi connectivity index (χ2n) is 1.96. The molecule has 0 aliphatic heterocycles. The summed E-state index contributed by atoms with van der Waals surface area (Å²) in [6.45, 7) is 5.90. The van der Waals surface area contributed by atoms with Crippen LogP contribution in [0.15, 0.2) is 12.5 Å². The fourth-order valence-electron chi connectivity index (χ4n) is 0.771. The lowest BCUT2D eigenvalue weighted by atomic mass is 10.5. The minimum atomic E-state index is 0.542. The zero-order valence-corrected chi connectivity index (χ0v) is 7.39. The summed E-state index contributed by atoms with van der Waals surface area (Å²) in [5, 5.41) is 11.4. The summed E-state index contributed by atoms with van der Waals surface area (Å²) in [6, 6.07) is 0. The van der Waals surface area contributed by atoms with E-state index in [9.17, 15) is 0 Å². The van der Waals surface area contributed by atoms with Crippen LogP contribution < -0.4 is 0 Å². The van der Waals surface area contributed by atoms with Crippen molar-refractivity contribution in [1.29, 1.82) is 0 Å². The number of rotatable bonds is 0. The highest BCUT2D eigenvalue weighted by atomic mass is 15.4. The normalized spacial score (nSPS) is 9.25. The molecule has 0 unspecified atom stereocenters. The fraction of sp³-hybridized carbons (Fsp3) is 0.429. The van der Waals surface area contributed by atoms with E-state index in [1.165, 1.54) is 6.33 Å². The smallest absolute Gasteiger partial charge is 0.199 e. The van der Waals surface area contributed by atoms with Crippen LogP contribution >= 0.6 is 0 Å². The van der Waals surface area contributed by atoms with Gasteiger partial charge in [0.05, 0.1) is 11.9 Å². The molecule has 2 aromatic rings. The molecule has 5 heteroatoms. The van der Waals surface area contributed by atoms with Crippen LogP contribution in [0, 0.1) is 6.92 Å². The topological polar surface area (TPSA) is 56.0 Å². The quantitative estimate of drug-likeness (QED) is 0.580. The van der Waals surface area contributed by atoms with Gasteiger partial charge in [-0.25, -0.2) is 0 Å². The Hall–Kier alpha value is -1.52. The summed E-state index contributed by atoms with van der Waals surface area (Å²) in [7, 11) is 0. The van der Waals surface area contributed by atoms with Crippen molar-refractivity contribution < 1.29 is 0 Å². The molecule has 2 aromatic heterocycles. The number of aryl methyl sites for hydroxylation is 1. The van der Waals surface area contributed by atoms with E-state index in [1.807, 2.05) is 20.8 Å². The van der Waals surface area contributed by atoms with E-state index >= 15 is 0 Å². The second-order valence-corrected chi connectivity index (χ2v) is 1.96. The van der Waals surface area contributed by atoms with Gasteiger partial charge in [-0.05, 0) is 6.92 Å². The SMILES string of the molecule is CC.Cc1cnnc2ncnn12. The van der Waals surface area contributed by atoms with Gasteiger partial charge in [-0.2, -0.15) is 19.7 Å². The molecule has 0 spiro atoms. The first-order valence-electron chi connectivity index (χ1n) is 3.86. The first-order valence-corrected chi connectivity index (χ1v) is 3.86. The summed E-state index contributed by atoms with van der Waals surface area (Å²) in [4.78, 5) is 3.86. The van der Waals surface area contributed by atoms with Gasteiger partial charge in [-0.15, -0.1) is 5.10 Å². The van der Waals surface area contributed by atoms with Gasteiger partial charge in [0.15, 0.2) is 0 Å². The lowest BCUT2D eigenvalue weighted by molar-refractivity contribution is 0.847. The molecule has 2 heterocycles. The third-order valence-corrected chi connectivity index (χ3v) is 1.26. The van der Waals surface area contributed by atoms with Crippen LogP contribution in [0.2, 0.25) is 0 Å². The standard InChI is InChI=1S/C5H5N5.C2H6/c1-4-2-7-9-5-6-3-8-10(4)5;1-2/h2-3H,1H3;1-2H3. The molecular weight excluding hydrogens is 154 g/mol. The third-order valence-electron chi connectivity index (χ3n) is 1.26. The monoisotopic (exact) mass is 165 g/mol. The van der Waals surface area contributed by atoms with Gasteiger partial charge in [-0.1, -0.05) is 13.8 Å². The predicted molar refractivity (Wildman–Crippen MR) is 44.7 cm³/mol. The van der Waals surface area contributed by atoms with Crippen molar-refractivity contribution in [3.63, 3.8) is 0 Å². The van der Waals surface area contributed by atoms with Crippen molar-refractivity contribution in [3.8, 4) is 0 Å². The van der Waals surface area contributed by atoms with Crippen LogP contribution in [0.4, 0.5) is 0 Å². The van der Waals surface area contributed by atoms with Gasteiger partial charge in [0.25, 0.3) is 5.78 Å². The van der Waals surface area contributed by atoms with Crippen molar-refractivity contribution >= 4 is 5.78 Å². The third kappa shape index (κ3) is 1.39. The average Bonchev–Trinajstić information content (AvgIpc) is 2.57. The first-order chi connectivity index (χ1) is 5.88. The Morgan fingerprint density at radius 3 is 2.75 bits per heavy atom. The molecule has 2 rings (SSSR count). The summed E-state index contributed by atoms with van der Waals surface area (Å²) < 4.78 is 1.63. The van der Waals surface area contributed by atoms with Crippen LogP contribution in [0.5, 0.6) is 0 Å². The second kappa shape index (κ2) is 3.75. The molecule has 5 nitrogen and oxygen atoms in total. The van der Waals surface area contributed by atoms with E-state index in [2.05, 4.69) is 20.3 Å². The van der Waals surface area contributed by atoms with Crippen LogP contribution in [0.1, 0.15) is 19.5 Å². The van der Waals surface area contributed by atoms with Gasteiger partial charge in [0.1, 0.15) is 6.33 Å². The Kier molecular flexibility index (Phi) is 2.68. The van der Waals surface area contributed by atoms with Crippen molar-refractivity contribution in [1.82, 2.24) is 24.8 Å². The average molecular weight is 165 g/mol. The maximum atomic E-state index is 3.92. The molecule has 0 atom stereocenters. The molecule has 0 saturated heterocycles. The molecular formula is C7H11N5. The van der Waals surface area contributed by atoms with Crippen LogP contribution in [0.3, 0.4) is 0 Å². The Morgan fingerprint density at radius 2 is 2.08 bits per heavy atom. The highest BCUT2D eigenvalue weighted by Gasteiger charge is 1.96. The van der Waals surface area contributed by atoms with Gasteiger partial charge in [0, 0.05) is 0 Å². The van der Waals surface area contributed by atoms with Crippen molar-refractivity contribution in [2.45, 2.75) is 20.8 Å². The number of hydrogen-bond acceptors (Lipinski definition) is 4. The first kappa shape index (κ1) is 8.58. The Balaban J connectivity index is 0.000000336. The molecule has 0 saturated carbocycles. The maximum absolute atomic E-state index is 3.92. The molecule has 0 amide bonds. The van der Waals surface area contributed by atoms with Crippen molar-refractivity contribution in [2.24, 2.45) is 0 Å². The predicted octanol–water partition coefficient (Wildman–Crippen LogP) is 0.854. The molecule has 0 aromatic carbocycles. The van der Waals surface area contributed by atoms with Gasteiger partial charge in [0.2, 0.25) is 0 Å². The van der Waals surface area contributed by atoms with E-state index in [1.54, 1.807) is 10.7 Å². The zero-order chi connectivity index (χ0) is 8.97. The zero-order valence-electron chi connectivity index (χ0n) is 7.39. The largest absolute Gasteiger partial charge is 0.271 e. The molecule has 0 N–H and O–H groups in total. The highest BCUT2D eigenvalue weighted by molar-refractivity contribution is 5.22. The van der Waals surface area contributed by atoms with E-state index < -0.39 is 0 Å². The molecule has 12 heavy (non-hydrogen) atoms. The highest BCUT2D eigenvalue weighted by Crippen LogP contribution is 1.93. The van der Waals surface area contributed by atoms with E-state index in [0.717, 1.165) is 5.69 Å². The van der Waals surface area contributed by atoms with Crippen LogP contribution in [0.25, 0.3) is 5.78 Å². The van der Waals surface area contributed by atoms with Gasteiger partial charge in [-0.3, -0.25) is 0 Å². The van der Waals surface area contributed by atoms with Gasteiger partial charge >= 0.3 is 0 Å². The van der Waals surface area contributed by atoms with E-state index in [-0.39, 0.29) is 0 Å². The molecule has 0 aliphatic rings. The fourth-order valence-corrected chi connectivity index (χ4v) is 0.771. The number of nitrogens with zero attached hydrogens (tertiary/aromatic N) is 5. The molecule has 0 bridgehead atoms. The Bertz CT molecular complexity index is 353. The summed E-state index contributed by atoms with van der Waals surface area (Å²) in [5.41, 5.74) is 0.933. The molecule has 0 fully saturated rings. The molecule has 0 aliphatic carbocycles. The number of fused-ring (bicyclic) bond motifs is 1. The Labute approximate surface area is 70.5 Å².